The van der Waals surface area contributed by atoms with Gasteiger partial charge in [0.05, 0.1) is 7.11 Å². The molecule has 0 radical (unpaired) electrons. The summed E-state index contributed by atoms with van der Waals surface area (Å²) in [7, 11) is 1.74. The van der Waals surface area contributed by atoms with Crippen LogP contribution in [0.1, 0.15) is 42.0 Å². The maximum Gasteiger partial charge on any atom is 0.124 e. The van der Waals surface area contributed by atoms with Gasteiger partial charge in [-0.2, -0.15) is 0 Å². The maximum absolute atomic E-state index is 5.40. The van der Waals surface area contributed by atoms with Gasteiger partial charge in [-0.15, -0.1) is 0 Å². The fraction of sp³-hybridized carbons (Fsp3) is 0.571. The first-order chi connectivity index (χ1) is 7.72. The van der Waals surface area contributed by atoms with Crippen molar-refractivity contribution in [2.24, 2.45) is 0 Å². The molecule has 0 spiro atoms. The average Bonchev–Trinajstić information content (AvgIpc) is 2.30. The van der Waals surface area contributed by atoms with E-state index in [-0.39, 0.29) is 0 Å². The molecule has 1 N–H and O–H groups in total. The summed E-state index contributed by atoms with van der Waals surface area (Å²) in [4.78, 5) is 0. The fourth-order valence-electron chi connectivity index (χ4n) is 2.64. The molecule has 0 aromatic heterocycles. The maximum atomic E-state index is 5.40. The van der Waals surface area contributed by atoms with Gasteiger partial charge >= 0.3 is 0 Å². The third kappa shape index (κ3) is 2.22. The first-order valence-corrected chi connectivity index (χ1v) is 6.11. The molecule has 1 fully saturated rings. The van der Waals surface area contributed by atoms with Gasteiger partial charge in [-0.05, 0) is 49.9 Å². The lowest BCUT2D eigenvalue weighted by atomic mass is 9.94. The van der Waals surface area contributed by atoms with E-state index in [4.69, 9.17) is 4.74 Å². The third-order valence-corrected chi connectivity index (χ3v) is 3.40. The van der Waals surface area contributed by atoms with Crippen LogP contribution in [0, 0.1) is 13.8 Å². The summed E-state index contributed by atoms with van der Waals surface area (Å²) in [6.45, 7) is 5.39. The number of methoxy groups -OCH3 is 1. The number of piperidine rings is 1. The Balaban J connectivity index is 2.28. The molecule has 1 saturated heterocycles. The zero-order valence-electron chi connectivity index (χ0n) is 10.5. The Morgan fingerprint density at radius 2 is 1.88 bits per heavy atom. The van der Waals surface area contributed by atoms with Crippen molar-refractivity contribution >= 4 is 0 Å². The molecular weight excluding hydrogens is 198 g/mol. The summed E-state index contributed by atoms with van der Waals surface area (Å²) in [5, 5.41) is 3.59. The van der Waals surface area contributed by atoms with Gasteiger partial charge in [-0.25, -0.2) is 0 Å². The van der Waals surface area contributed by atoms with Crippen molar-refractivity contribution in [3.05, 3.63) is 28.8 Å². The van der Waals surface area contributed by atoms with E-state index in [1.54, 1.807) is 7.11 Å². The SMILES string of the molecule is COc1c(C)cc([C@@H]2CCCCN2)cc1C. The Hall–Kier alpha value is -1.02. The number of rotatable bonds is 2. The van der Waals surface area contributed by atoms with Gasteiger partial charge in [0.1, 0.15) is 5.75 Å². The monoisotopic (exact) mass is 219 g/mol. The molecule has 0 unspecified atom stereocenters. The highest BCUT2D eigenvalue weighted by Gasteiger charge is 2.16. The van der Waals surface area contributed by atoms with Crippen molar-refractivity contribution in [2.45, 2.75) is 39.2 Å². The highest BCUT2D eigenvalue weighted by molar-refractivity contribution is 5.44. The lowest BCUT2D eigenvalue weighted by Gasteiger charge is -2.25. The van der Waals surface area contributed by atoms with Gasteiger partial charge in [0.2, 0.25) is 0 Å². The standard InChI is InChI=1S/C14H21NO/c1-10-8-12(9-11(2)14(10)16-3)13-6-4-5-7-15-13/h8-9,13,15H,4-7H2,1-3H3/t13-/m0/s1. The van der Waals surface area contributed by atoms with Crippen LogP contribution in [0.3, 0.4) is 0 Å². The normalized spacial score (nSPS) is 20.8. The van der Waals surface area contributed by atoms with E-state index in [0.29, 0.717) is 6.04 Å². The first-order valence-electron chi connectivity index (χ1n) is 6.11. The Bertz CT molecular complexity index is 344. The molecule has 16 heavy (non-hydrogen) atoms. The highest BCUT2D eigenvalue weighted by Crippen LogP contribution is 2.30. The summed E-state index contributed by atoms with van der Waals surface area (Å²) < 4.78 is 5.40. The van der Waals surface area contributed by atoms with Crippen molar-refractivity contribution in [2.75, 3.05) is 13.7 Å². The second-order valence-corrected chi connectivity index (χ2v) is 4.69. The Morgan fingerprint density at radius 1 is 1.19 bits per heavy atom. The Labute approximate surface area is 98.0 Å². The number of aryl methyl sites for hydroxylation is 2. The van der Waals surface area contributed by atoms with E-state index in [1.165, 1.54) is 36.0 Å². The summed E-state index contributed by atoms with van der Waals surface area (Å²) in [5.74, 6) is 1.03. The number of benzene rings is 1. The molecule has 2 heteroatoms. The highest BCUT2D eigenvalue weighted by atomic mass is 16.5. The van der Waals surface area contributed by atoms with Crippen LogP contribution in [0.5, 0.6) is 5.75 Å². The molecule has 1 aromatic carbocycles. The van der Waals surface area contributed by atoms with E-state index in [2.05, 4.69) is 31.3 Å². The second kappa shape index (κ2) is 4.88. The largest absolute Gasteiger partial charge is 0.496 e. The van der Waals surface area contributed by atoms with Gasteiger partial charge in [-0.3, -0.25) is 0 Å². The summed E-state index contributed by atoms with van der Waals surface area (Å²) in [6.07, 6.45) is 3.90. The molecule has 0 bridgehead atoms. The van der Waals surface area contributed by atoms with Gasteiger partial charge < -0.3 is 10.1 Å². The molecule has 2 nitrogen and oxygen atoms in total. The van der Waals surface area contributed by atoms with E-state index in [1.807, 2.05) is 0 Å². The predicted molar refractivity (Wildman–Crippen MR) is 67.1 cm³/mol. The molecule has 1 aliphatic heterocycles. The van der Waals surface area contributed by atoms with Crippen molar-refractivity contribution in [3.8, 4) is 5.75 Å². The molecule has 2 rings (SSSR count). The number of hydrogen-bond donors (Lipinski definition) is 1. The van der Waals surface area contributed by atoms with Crippen LogP contribution in [0.2, 0.25) is 0 Å². The molecule has 1 atom stereocenters. The zero-order chi connectivity index (χ0) is 11.5. The van der Waals surface area contributed by atoms with Crippen molar-refractivity contribution in [1.29, 1.82) is 0 Å². The molecule has 1 heterocycles. The first kappa shape index (κ1) is 11.5. The van der Waals surface area contributed by atoms with Crippen LogP contribution in [0.4, 0.5) is 0 Å². The van der Waals surface area contributed by atoms with Crippen LogP contribution < -0.4 is 10.1 Å². The fourth-order valence-corrected chi connectivity index (χ4v) is 2.64. The molecular formula is C14H21NO. The number of hydrogen-bond acceptors (Lipinski definition) is 2. The van der Waals surface area contributed by atoms with Gasteiger partial charge in [0.15, 0.2) is 0 Å². The van der Waals surface area contributed by atoms with E-state index >= 15 is 0 Å². The Morgan fingerprint density at radius 3 is 2.38 bits per heavy atom. The predicted octanol–water partition coefficient (Wildman–Crippen LogP) is 3.13. The van der Waals surface area contributed by atoms with E-state index < -0.39 is 0 Å². The van der Waals surface area contributed by atoms with Gasteiger partial charge in [0, 0.05) is 6.04 Å². The van der Waals surface area contributed by atoms with Crippen molar-refractivity contribution in [1.82, 2.24) is 5.32 Å². The van der Waals surface area contributed by atoms with Crippen LogP contribution in [-0.4, -0.2) is 13.7 Å². The third-order valence-electron chi connectivity index (χ3n) is 3.40. The summed E-state index contributed by atoms with van der Waals surface area (Å²) in [5.41, 5.74) is 3.89. The van der Waals surface area contributed by atoms with Crippen LogP contribution >= 0.6 is 0 Å². The lowest BCUT2D eigenvalue weighted by Crippen LogP contribution is -2.26. The number of nitrogens with one attached hydrogen (secondary N) is 1. The second-order valence-electron chi connectivity index (χ2n) is 4.69. The van der Waals surface area contributed by atoms with Crippen LogP contribution in [0.25, 0.3) is 0 Å². The zero-order valence-corrected chi connectivity index (χ0v) is 10.5. The van der Waals surface area contributed by atoms with Crippen LogP contribution in [0.15, 0.2) is 12.1 Å². The summed E-state index contributed by atoms with van der Waals surface area (Å²) >= 11 is 0. The molecule has 1 aliphatic rings. The molecule has 0 amide bonds. The van der Waals surface area contributed by atoms with Gasteiger partial charge in [-0.1, -0.05) is 18.6 Å². The summed E-state index contributed by atoms with van der Waals surface area (Å²) in [6, 6.07) is 5.06. The molecule has 88 valence electrons. The minimum absolute atomic E-state index is 0.539. The minimum atomic E-state index is 0.539. The smallest absolute Gasteiger partial charge is 0.124 e. The quantitative estimate of drug-likeness (QED) is 0.825. The van der Waals surface area contributed by atoms with E-state index in [0.717, 1.165) is 12.3 Å². The molecule has 0 aliphatic carbocycles. The van der Waals surface area contributed by atoms with Gasteiger partial charge in [0.25, 0.3) is 0 Å². The molecule has 1 aromatic rings. The minimum Gasteiger partial charge on any atom is -0.496 e. The topological polar surface area (TPSA) is 21.3 Å². The van der Waals surface area contributed by atoms with Crippen molar-refractivity contribution in [3.63, 3.8) is 0 Å². The average molecular weight is 219 g/mol. The Kier molecular flexibility index (Phi) is 3.49. The van der Waals surface area contributed by atoms with E-state index in [9.17, 15) is 0 Å². The van der Waals surface area contributed by atoms with Crippen molar-refractivity contribution < 1.29 is 4.74 Å². The van der Waals surface area contributed by atoms with Crippen LogP contribution in [-0.2, 0) is 0 Å². The lowest BCUT2D eigenvalue weighted by molar-refractivity contribution is 0.401. The molecule has 0 saturated carbocycles. The number of ether oxygens (including phenoxy) is 1.